The van der Waals surface area contributed by atoms with Crippen LogP contribution in [0.4, 0.5) is 0 Å². The van der Waals surface area contributed by atoms with Crippen LogP contribution < -0.4 is 10.3 Å². The van der Waals surface area contributed by atoms with Gasteiger partial charge in [0.25, 0.3) is 5.56 Å². The molecule has 3 rings (SSSR count). The molecule has 1 aromatic heterocycles. The van der Waals surface area contributed by atoms with E-state index in [-0.39, 0.29) is 36.8 Å². The topological polar surface area (TPSA) is 102 Å². The molecule has 0 bridgehead atoms. The number of aromatic amines is 1. The fourth-order valence-corrected chi connectivity index (χ4v) is 3.35. The van der Waals surface area contributed by atoms with Crippen LogP contribution in [-0.4, -0.2) is 47.0 Å². The van der Waals surface area contributed by atoms with Gasteiger partial charge >= 0.3 is 5.97 Å². The Morgan fingerprint density at radius 3 is 2.86 bits per heavy atom. The molecule has 1 amide bonds. The normalized spacial score (nSPS) is 13.0. The Morgan fingerprint density at radius 2 is 2.10 bits per heavy atom. The number of amides is 1. The third-order valence-corrected chi connectivity index (χ3v) is 4.82. The predicted molar refractivity (Wildman–Crippen MR) is 106 cm³/mol. The number of carbonyl (C=O) groups is 2. The first kappa shape index (κ1) is 20.6. The summed E-state index contributed by atoms with van der Waals surface area (Å²) < 4.78 is 10.1. The van der Waals surface area contributed by atoms with Gasteiger partial charge in [0.1, 0.15) is 11.6 Å². The molecule has 1 aliphatic rings. The summed E-state index contributed by atoms with van der Waals surface area (Å²) in [6, 6.07) is 7.61. The molecule has 29 heavy (non-hydrogen) atoms. The van der Waals surface area contributed by atoms with Gasteiger partial charge in [0, 0.05) is 25.8 Å². The number of aromatic nitrogens is 2. The third kappa shape index (κ3) is 5.22. The first-order chi connectivity index (χ1) is 14.0. The number of rotatable bonds is 7. The summed E-state index contributed by atoms with van der Waals surface area (Å²) >= 11 is 0. The van der Waals surface area contributed by atoms with Crippen LogP contribution in [0.3, 0.4) is 0 Å². The molecule has 1 aliphatic heterocycles. The van der Waals surface area contributed by atoms with Gasteiger partial charge < -0.3 is 19.4 Å². The highest BCUT2D eigenvalue weighted by molar-refractivity contribution is 5.81. The Hall–Kier alpha value is -3.16. The van der Waals surface area contributed by atoms with Gasteiger partial charge in [0.2, 0.25) is 5.91 Å². The lowest BCUT2D eigenvalue weighted by atomic mass is 10.1. The Balaban J connectivity index is 1.68. The van der Waals surface area contributed by atoms with Crippen molar-refractivity contribution in [1.82, 2.24) is 14.9 Å². The maximum atomic E-state index is 12.6. The molecule has 0 saturated heterocycles. The molecule has 0 atom stereocenters. The molecule has 2 aromatic rings. The van der Waals surface area contributed by atoms with Crippen molar-refractivity contribution in [3.8, 4) is 5.75 Å². The first-order valence-corrected chi connectivity index (χ1v) is 9.67. The van der Waals surface area contributed by atoms with Gasteiger partial charge in [-0.1, -0.05) is 12.1 Å². The SMILES string of the molecule is CCOC(=O)CCC(=O)N1CCc2nc(Cc3cccc(OC)c3)[nH]c(=O)c2C1. The number of carbonyl (C=O) groups excluding carboxylic acids is 2. The molecular formula is C21H25N3O5. The van der Waals surface area contributed by atoms with Crippen LogP contribution in [0, 0.1) is 0 Å². The average Bonchev–Trinajstić information content (AvgIpc) is 2.72. The number of methoxy groups -OCH3 is 1. The highest BCUT2D eigenvalue weighted by atomic mass is 16.5. The van der Waals surface area contributed by atoms with Crippen molar-refractivity contribution in [2.45, 2.75) is 39.2 Å². The quantitative estimate of drug-likeness (QED) is 0.710. The van der Waals surface area contributed by atoms with Crippen LogP contribution in [0.25, 0.3) is 0 Å². The smallest absolute Gasteiger partial charge is 0.306 e. The molecule has 154 valence electrons. The minimum Gasteiger partial charge on any atom is -0.497 e. The van der Waals surface area contributed by atoms with Gasteiger partial charge in [-0.15, -0.1) is 0 Å². The highest BCUT2D eigenvalue weighted by Gasteiger charge is 2.25. The van der Waals surface area contributed by atoms with Crippen molar-refractivity contribution in [2.75, 3.05) is 20.3 Å². The van der Waals surface area contributed by atoms with E-state index in [1.54, 1.807) is 18.9 Å². The summed E-state index contributed by atoms with van der Waals surface area (Å²) in [4.78, 5) is 45.4. The van der Waals surface area contributed by atoms with Crippen LogP contribution >= 0.6 is 0 Å². The Bertz CT molecular complexity index is 954. The number of H-pyrrole nitrogens is 1. The van der Waals surface area contributed by atoms with E-state index in [2.05, 4.69) is 9.97 Å². The molecule has 8 nitrogen and oxygen atoms in total. The Morgan fingerprint density at radius 1 is 1.28 bits per heavy atom. The van der Waals surface area contributed by atoms with Crippen LogP contribution in [0.5, 0.6) is 5.75 Å². The minimum absolute atomic E-state index is 0.0457. The molecule has 0 spiro atoms. The number of nitrogens with one attached hydrogen (secondary N) is 1. The summed E-state index contributed by atoms with van der Waals surface area (Å²) in [6.07, 6.45) is 1.12. The van der Waals surface area contributed by atoms with E-state index in [0.717, 1.165) is 17.0 Å². The lowest BCUT2D eigenvalue weighted by Gasteiger charge is -2.28. The van der Waals surface area contributed by atoms with Crippen LogP contribution in [0.15, 0.2) is 29.1 Å². The molecule has 0 radical (unpaired) electrons. The van der Waals surface area contributed by atoms with E-state index in [1.165, 1.54) is 0 Å². The summed E-state index contributed by atoms with van der Waals surface area (Å²) in [5.41, 5.74) is 1.99. The van der Waals surface area contributed by atoms with Crippen molar-refractivity contribution in [1.29, 1.82) is 0 Å². The minimum atomic E-state index is -0.389. The largest absolute Gasteiger partial charge is 0.497 e. The zero-order chi connectivity index (χ0) is 20.8. The zero-order valence-corrected chi connectivity index (χ0v) is 16.7. The summed E-state index contributed by atoms with van der Waals surface area (Å²) in [5, 5.41) is 0. The van der Waals surface area contributed by atoms with E-state index in [9.17, 15) is 14.4 Å². The van der Waals surface area contributed by atoms with Crippen molar-refractivity contribution >= 4 is 11.9 Å². The van der Waals surface area contributed by atoms with Gasteiger partial charge in [-0.25, -0.2) is 4.98 Å². The number of esters is 1. The van der Waals surface area contributed by atoms with E-state index in [0.29, 0.717) is 37.4 Å². The molecule has 2 heterocycles. The van der Waals surface area contributed by atoms with E-state index in [1.807, 2.05) is 24.3 Å². The van der Waals surface area contributed by atoms with Gasteiger partial charge in [-0.05, 0) is 24.6 Å². The fraction of sp³-hybridized carbons (Fsp3) is 0.429. The maximum absolute atomic E-state index is 12.6. The van der Waals surface area contributed by atoms with E-state index < -0.39 is 0 Å². The van der Waals surface area contributed by atoms with E-state index in [4.69, 9.17) is 9.47 Å². The lowest BCUT2D eigenvalue weighted by molar-refractivity contribution is -0.145. The maximum Gasteiger partial charge on any atom is 0.306 e. The molecule has 0 saturated carbocycles. The number of hydrogen-bond acceptors (Lipinski definition) is 6. The Labute approximate surface area is 168 Å². The first-order valence-electron chi connectivity index (χ1n) is 9.67. The van der Waals surface area contributed by atoms with Gasteiger partial charge in [-0.3, -0.25) is 14.4 Å². The third-order valence-electron chi connectivity index (χ3n) is 4.82. The monoisotopic (exact) mass is 399 g/mol. The highest BCUT2D eigenvalue weighted by Crippen LogP contribution is 2.18. The lowest BCUT2D eigenvalue weighted by Crippen LogP contribution is -2.40. The van der Waals surface area contributed by atoms with E-state index >= 15 is 0 Å². The van der Waals surface area contributed by atoms with Crippen molar-refractivity contribution in [2.24, 2.45) is 0 Å². The molecule has 0 aliphatic carbocycles. The number of fused-ring (bicyclic) bond motifs is 1. The van der Waals surface area contributed by atoms with Gasteiger partial charge in [0.05, 0.1) is 37.9 Å². The van der Waals surface area contributed by atoms with Crippen molar-refractivity contribution in [3.63, 3.8) is 0 Å². The Kier molecular flexibility index (Phi) is 6.64. The van der Waals surface area contributed by atoms with Crippen LogP contribution in [0.1, 0.15) is 42.4 Å². The fourth-order valence-electron chi connectivity index (χ4n) is 3.35. The average molecular weight is 399 g/mol. The van der Waals surface area contributed by atoms with Crippen molar-refractivity contribution < 1.29 is 19.1 Å². The second-order valence-electron chi connectivity index (χ2n) is 6.84. The molecule has 1 N–H and O–H groups in total. The zero-order valence-electron chi connectivity index (χ0n) is 16.7. The summed E-state index contributed by atoms with van der Waals surface area (Å²) in [6.45, 7) is 2.70. The molecular weight excluding hydrogens is 374 g/mol. The van der Waals surface area contributed by atoms with Gasteiger partial charge in [0.15, 0.2) is 0 Å². The summed E-state index contributed by atoms with van der Waals surface area (Å²) in [5.74, 6) is 0.785. The van der Waals surface area contributed by atoms with Crippen molar-refractivity contribution in [3.05, 3.63) is 57.3 Å². The van der Waals surface area contributed by atoms with Gasteiger partial charge in [-0.2, -0.15) is 0 Å². The number of benzene rings is 1. The number of hydrogen-bond donors (Lipinski definition) is 1. The van der Waals surface area contributed by atoms with Crippen LogP contribution in [-0.2, 0) is 33.7 Å². The predicted octanol–water partition coefficient (Wildman–Crippen LogP) is 1.60. The molecule has 8 heteroatoms. The number of nitrogens with zero attached hydrogens (tertiary/aromatic N) is 2. The molecule has 0 unspecified atom stereocenters. The molecule has 1 aromatic carbocycles. The summed E-state index contributed by atoms with van der Waals surface area (Å²) in [7, 11) is 1.61. The number of ether oxygens (including phenoxy) is 2. The second-order valence-corrected chi connectivity index (χ2v) is 6.84. The second kappa shape index (κ2) is 9.36. The standard InChI is InChI=1S/C21H25N3O5/c1-3-29-20(26)8-7-19(25)24-10-9-17-16(13-24)21(27)23-18(22-17)12-14-5-4-6-15(11-14)28-2/h4-6,11H,3,7-10,12-13H2,1-2H3,(H,22,23,27). The molecule has 0 fully saturated rings. The van der Waals surface area contributed by atoms with Crippen LogP contribution in [0.2, 0.25) is 0 Å².